The minimum atomic E-state index is -0.350. The minimum absolute atomic E-state index is 0.328. The van der Waals surface area contributed by atoms with Gasteiger partial charge in [-0.3, -0.25) is 4.68 Å². The second-order valence-corrected chi connectivity index (χ2v) is 3.92. The van der Waals surface area contributed by atoms with Crippen LogP contribution in [0.3, 0.4) is 0 Å². The van der Waals surface area contributed by atoms with E-state index in [-0.39, 0.29) is 5.82 Å². The third-order valence-electron chi connectivity index (χ3n) is 2.90. The number of nitrogens with two attached hydrogens (primary N) is 1. The highest BCUT2D eigenvalue weighted by Crippen LogP contribution is 2.30. The molecule has 0 radical (unpaired) electrons. The Morgan fingerprint density at radius 2 is 2.19 bits per heavy atom. The number of nitrogens with zero attached hydrogens (tertiary/aromatic N) is 3. The summed E-state index contributed by atoms with van der Waals surface area (Å²) in [5.41, 5.74) is 7.99. The second kappa shape index (κ2) is 3.30. The number of aromatic nitrogens is 3. The van der Waals surface area contributed by atoms with Crippen LogP contribution in [-0.4, -0.2) is 14.8 Å². The van der Waals surface area contributed by atoms with Crippen LogP contribution in [0.25, 0.3) is 11.1 Å². The van der Waals surface area contributed by atoms with E-state index in [4.69, 9.17) is 5.73 Å². The molecule has 0 fully saturated rings. The lowest BCUT2D eigenvalue weighted by atomic mass is 10.1. The average molecular weight is 218 g/mol. The Labute approximate surface area is 91.9 Å². The van der Waals surface area contributed by atoms with Crippen molar-refractivity contribution in [1.29, 1.82) is 0 Å². The van der Waals surface area contributed by atoms with Crippen molar-refractivity contribution >= 4 is 5.82 Å². The Balaban J connectivity index is 2.18. The summed E-state index contributed by atoms with van der Waals surface area (Å²) in [5.74, 6) is -0.0220. The van der Waals surface area contributed by atoms with Crippen LogP contribution in [0.4, 0.5) is 10.2 Å². The van der Waals surface area contributed by atoms with E-state index < -0.39 is 0 Å². The third-order valence-corrected chi connectivity index (χ3v) is 2.90. The molecule has 0 aromatic carbocycles. The van der Waals surface area contributed by atoms with Gasteiger partial charge in [-0.05, 0) is 18.9 Å². The fraction of sp³-hybridized carbons (Fsp3) is 0.273. The van der Waals surface area contributed by atoms with Crippen molar-refractivity contribution in [2.75, 3.05) is 5.73 Å². The van der Waals surface area contributed by atoms with Crippen molar-refractivity contribution in [3.63, 3.8) is 0 Å². The number of halogens is 1. The van der Waals surface area contributed by atoms with Gasteiger partial charge in [0.1, 0.15) is 11.6 Å². The maximum atomic E-state index is 13.6. The van der Waals surface area contributed by atoms with E-state index in [1.165, 1.54) is 0 Å². The molecule has 2 aromatic rings. The number of hydrogen-bond acceptors (Lipinski definition) is 3. The van der Waals surface area contributed by atoms with Gasteiger partial charge in [-0.1, -0.05) is 0 Å². The number of anilines is 1. The average Bonchev–Trinajstić information content (AvgIpc) is 2.83. The van der Waals surface area contributed by atoms with E-state index in [0.717, 1.165) is 36.8 Å². The van der Waals surface area contributed by atoms with Gasteiger partial charge in [0, 0.05) is 23.4 Å². The maximum Gasteiger partial charge on any atom is 0.149 e. The third kappa shape index (κ3) is 1.28. The Bertz CT molecular complexity index is 547. The molecule has 2 N–H and O–H groups in total. The van der Waals surface area contributed by atoms with Gasteiger partial charge in [-0.15, -0.1) is 0 Å². The molecule has 4 nitrogen and oxygen atoms in total. The first-order valence-electron chi connectivity index (χ1n) is 5.22. The van der Waals surface area contributed by atoms with Gasteiger partial charge in [-0.25, -0.2) is 9.37 Å². The Kier molecular flexibility index (Phi) is 1.92. The zero-order valence-corrected chi connectivity index (χ0v) is 8.65. The SMILES string of the molecule is Nc1cc(-c2cnn3c2CCC3)c(F)cn1. The van der Waals surface area contributed by atoms with Gasteiger partial charge < -0.3 is 5.73 Å². The van der Waals surface area contributed by atoms with Crippen LogP contribution in [0.15, 0.2) is 18.5 Å². The van der Waals surface area contributed by atoms with E-state index in [9.17, 15) is 4.39 Å². The number of aryl methyl sites for hydroxylation is 1. The fourth-order valence-corrected chi connectivity index (χ4v) is 2.15. The summed E-state index contributed by atoms with van der Waals surface area (Å²) in [6, 6.07) is 1.56. The molecule has 0 aliphatic carbocycles. The van der Waals surface area contributed by atoms with E-state index >= 15 is 0 Å². The minimum Gasteiger partial charge on any atom is -0.384 e. The molecule has 0 spiro atoms. The van der Waals surface area contributed by atoms with Crippen LogP contribution in [0.1, 0.15) is 12.1 Å². The smallest absolute Gasteiger partial charge is 0.149 e. The first-order valence-corrected chi connectivity index (χ1v) is 5.22. The molecule has 16 heavy (non-hydrogen) atoms. The van der Waals surface area contributed by atoms with Crippen LogP contribution in [0.5, 0.6) is 0 Å². The first-order chi connectivity index (χ1) is 7.75. The van der Waals surface area contributed by atoms with Crippen molar-refractivity contribution in [1.82, 2.24) is 14.8 Å². The van der Waals surface area contributed by atoms with Gasteiger partial charge in [0.25, 0.3) is 0 Å². The molecule has 3 heterocycles. The number of fused-ring (bicyclic) bond motifs is 1. The summed E-state index contributed by atoms with van der Waals surface area (Å²) in [4.78, 5) is 3.72. The Morgan fingerprint density at radius 1 is 1.31 bits per heavy atom. The molecular formula is C11H11FN4. The van der Waals surface area contributed by atoms with Crippen LogP contribution < -0.4 is 5.73 Å². The molecule has 82 valence electrons. The number of rotatable bonds is 1. The van der Waals surface area contributed by atoms with E-state index in [1.807, 2.05) is 4.68 Å². The lowest BCUT2D eigenvalue weighted by molar-refractivity contribution is 0.625. The van der Waals surface area contributed by atoms with E-state index in [0.29, 0.717) is 11.4 Å². The maximum absolute atomic E-state index is 13.6. The predicted octanol–water partition coefficient (Wildman–Crippen LogP) is 1.61. The van der Waals surface area contributed by atoms with Gasteiger partial charge >= 0.3 is 0 Å². The van der Waals surface area contributed by atoms with E-state index in [1.54, 1.807) is 12.3 Å². The highest BCUT2D eigenvalue weighted by molar-refractivity contribution is 5.68. The van der Waals surface area contributed by atoms with Gasteiger partial charge in [-0.2, -0.15) is 5.10 Å². The molecule has 0 saturated carbocycles. The Hall–Kier alpha value is -1.91. The van der Waals surface area contributed by atoms with Crippen molar-refractivity contribution < 1.29 is 4.39 Å². The number of hydrogen-bond donors (Lipinski definition) is 1. The lowest BCUT2D eigenvalue weighted by Gasteiger charge is -2.03. The Morgan fingerprint density at radius 3 is 3.06 bits per heavy atom. The molecule has 5 heteroatoms. The molecule has 2 aromatic heterocycles. The molecule has 0 amide bonds. The molecule has 1 aliphatic heterocycles. The summed E-state index contributed by atoms with van der Waals surface area (Å²) in [7, 11) is 0. The number of pyridine rings is 1. The van der Waals surface area contributed by atoms with Crippen LogP contribution >= 0.6 is 0 Å². The van der Waals surface area contributed by atoms with Crippen LogP contribution in [0.2, 0.25) is 0 Å². The van der Waals surface area contributed by atoms with Crippen molar-refractivity contribution in [2.45, 2.75) is 19.4 Å². The highest BCUT2D eigenvalue weighted by Gasteiger charge is 2.19. The molecular weight excluding hydrogens is 207 g/mol. The van der Waals surface area contributed by atoms with Crippen molar-refractivity contribution in [2.24, 2.45) is 0 Å². The normalized spacial score (nSPS) is 14.1. The molecule has 0 atom stereocenters. The molecule has 3 rings (SSSR count). The monoisotopic (exact) mass is 218 g/mol. The molecule has 0 saturated heterocycles. The summed E-state index contributed by atoms with van der Waals surface area (Å²) < 4.78 is 15.6. The zero-order chi connectivity index (χ0) is 11.1. The zero-order valence-electron chi connectivity index (χ0n) is 8.65. The number of nitrogen functional groups attached to an aromatic ring is 1. The lowest BCUT2D eigenvalue weighted by Crippen LogP contribution is -1.96. The second-order valence-electron chi connectivity index (χ2n) is 3.92. The topological polar surface area (TPSA) is 56.7 Å². The van der Waals surface area contributed by atoms with Gasteiger partial charge in [0.15, 0.2) is 0 Å². The standard InChI is InChI=1S/C11H11FN4/c12-9-6-14-11(13)4-7(9)8-5-15-16-3-1-2-10(8)16/h4-6H,1-3H2,(H2,13,14). The predicted molar refractivity (Wildman–Crippen MR) is 58.1 cm³/mol. The first kappa shape index (κ1) is 9.33. The molecule has 0 unspecified atom stereocenters. The molecule has 1 aliphatic rings. The van der Waals surface area contributed by atoms with E-state index in [2.05, 4.69) is 10.1 Å². The van der Waals surface area contributed by atoms with Gasteiger partial charge in [0.05, 0.1) is 12.4 Å². The van der Waals surface area contributed by atoms with Gasteiger partial charge in [0.2, 0.25) is 0 Å². The molecule has 0 bridgehead atoms. The van der Waals surface area contributed by atoms with Crippen molar-refractivity contribution in [3.8, 4) is 11.1 Å². The summed E-state index contributed by atoms with van der Waals surface area (Å²) in [6.07, 6.45) is 4.87. The quantitative estimate of drug-likeness (QED) is 0.791. The largest absolute Gasteiger partial charge is 0.384 e. The van der Waals surface area contributed by atoms with Crippen LogP contribution in [-0.2, 0) is 13.0 Å². The van der Waals surface area contributed by atoms with Crippen LogP contribution in [0, 0.1) is 5.82 Å². The highest BCUT2D eigenvalue weighted by atomic mass is 19.1. The summed E-state index contributed by atoms with van der Waals surface area (Å²) in [5, 5.41) is 4.23. The summed E-state index contributed by atoms with van der Waals surface area (Å²) >= 11 is 0. The fourth-order valence-electron chi connectivity index (χ4n) is 2.15. The summed E-state index contributed by atoms with van der Waals surface area (Å²) in [6.45, 7) is 0.914. The van der Waals surface area contributed by atoms with Crippen molar-refractivity contribution in [3.05, 3.63) is 30.0 Å².